The number of H-pyrrole nitrogens is 1. The Morgan fingerprint density at radius 3 is 2.38 bits per heavy atom. The van der Waals surface area contributed by atoms with Crippen molar-refractivity contribution in [1.82, 2.24) is 15.5 Å². The summed E-state index contributed by atoms with van der Waals surface area (Å²) < 4.78 is 0. The van der Waals surface area contributed by atoms with Crippen molar-refractivity contribution in [3.63, 3.8) is 0 Å². The Labute approximate surface area is 96.0 Å². The van der Waals surface area contributed by atoms with E-state index in [4.69, 9.17) is 0 Å². The van der Waals surface area contributed by atoms with Crippen LogP contribution in [-0.4, -0.2) is 29.2 Å². The number of aromatic nitrogens is 2. The summed E-state index contributed by atoms with van der Waals surface area (Å²) in [6, 6.07) is -0.186. The maximum Gasteiger partial charge on any atom is 0.241 e. The van der Waals surface area contributed by atoms with Crippen molar-refractivity contribution in [1.29, 1.82) is 0 Å². The lowest BCUT2D eigenvalue weighted by atomic mass is 10.0. The van der Waals surface area contributed by atoms with E-state index in [9.17, 15) is 4.79 Å². The Kier molecular flexibility index (Phi) is 4.06. The Morgan fingerprint density at radius 2 is 2.00 bits per heavy atom. The summed E-state index contributed by atoms with van der Waals surface area (Å²) >= 11 is 0. The van der Waals surface area contributed by atoms with Gasteiger partial charge in [-0.25, -0.2) is 0 Å². The number of carbonyl (C=O) groups excluding carboxylic acids is 1. The van der Waals surface area contributed by atoms with E-state index in [1.807, 2.05) is 27.7 Å². The first-order chi connectivity index (χ1) is 7.47. The maximum atomic E-state index is 12.0. The summed E-state index contributed by atoms with van der Waals surface area (Å²) in [5.41, 5.74) is 2.47. The molecule has 0 fully saturated rings. The average molecular weight is 224 g/mol. The standard InChI is InChI=1S/C11H20N4O/c1-6(2)9(12-5)11(16)13-10-7(3)14-15-8(10)4/h6,9,12H,1-5H3,(H,13,16)(H,14,15). The van der Waals surface area contributed by atoms with Crippen LogP contribution in [0.15, 0.2) is 0 Å². The summed E-state index contributed by atoms with van der Waals surface area (Å²) in [6.07, 6.45) is 0. The quantitative estimate of drug-likeness (QED) is 0.720. The summed E-state index contributed by atoms with van der Waals surface area (Å²) in [5.74, 6) is 0.225. The molecule has 5 heteroatoms. The molecule has 0 aliphatic carbocycles. The minimum atomic E-state index is -0.186. The number of carbonyl (C=O) groups is 1. The number of nitrogens with zero attached hydrogens (tertiary/aromatic N) is 1. The van der Waals surface area contributed by atoms with E-state index in [0.717, 1.165) is 17.1 Å². The van der Waals surface area contributed by atoms with Crippen LogP contribution in [0.2, 0.25) is 0 Å². The number of aromatic amines is 1. The van der Waals surface area contributed by atoms with Crippen LogP contribution in [0, 0.1) is 19.8 Å². The maximum absolute atomic E-state index is 12.0. The molecule has 0 bridgehead atoms. The molecule has 0 saturated carbocycles. The molecule has 0 spiro atoms. The first-order valence-corrected chi connectivity index (χ1v) is 5.47. The smallest absolute Gasteiger partial charge is 0.241 e. The van der Waals surface area contributed by atoms with Gasteiger partial charge in [0.15, 0.2) is 0 Å². The van der Waals surface area contributed by atoms with Gasteiger partial charge in [0.2, 0.25) is 5.91 Å². The van der Waals surface area contributed by atoms with Gasteiger partial charge in [0, 0.05) is 0 Å². The molecular formula is C11H20N4O. The lowest BCUT2D eigenvalue weighted by Crippen LogP contribution is -2.42. The molecule has 0 saturated heterocycles. The number of hydrogen-bond acceptors (Lipinski definition) is 3. The zero-order valence-electron chi connectivity index (χ0n) is 10.5. The van der Waals surface area contributed by atoms with Crippen LogP contribution in [-0.2, 0) is 4.79 Å². The van der Waals surface area contributed by atoms with Crippen LogP contribution in [0.3, 0.4) is 0 Å². The highest BCUT2D eigenvalue weighted by atomic mass is 16.2. The molecule has 0 aliphatic rings. The van der Waals surface area contributed by atoms with Crippen molar-refractivity contribution in [3.05, 3.63) is 11.4 Å². The molecule has 1 aromatic heterocycles. The zero-order valence-corrected chi connectivity index (χ0v) is 10.5. The van der Waals surface area contributed by atoms with Gasteiger partial charge >= 0.3 is 0 Å². The highest BCUT2D eigenvalue weighted by molar-refractivity contribution is 5.95. The van der Waals surface area contributed by atoms with Crippen LogP contribution in [0.4, 0.5) is 5.69 Å². The molecule has 90 valence electrons. The first-order valence-electron chi connectivity index (χ1n) is 5.47. The molecule has 5 nitrogen and oxygen atoms in total. The second-order valence-corrected chi connectivity index (χ2v) is 4.31. The predicted octanol–water partition coefficient (Wildman–Crippen LogP) is 1.21. The molecule has 0 radical (unpaired) electrons. The van der Waals surface area contributed by atoms with E-state index in [2.05, 4.69) is 20.8 Å². The monoisotopic (exact) mass is 224 g/mol. The number of anilines is 1. The molecule has 0 aromatic carbocycles. The minimum Gasteiger partial charge on any atom is -0.322 e. The van der Waals surface area contributed by atoms with Gasteiger partial charge in [0.05, 0.1) is 23.1 Å². The first kappa shape index (κ1) is 12.7. The number of nitrogens with one attached hydrogen (secondary N) is 3. The van der Waals surface area contributed by atoms with E-state index in [1.54, 1.807) is 7.05 Å². The second-order valence-electron chi connectivity index (χ2n) is 4.31. The van der Waals surface area contributed by atoms with Crippen molar-refractivity contribution in [3.8, 4) is 0 Å². The Hall–Kier alpha value is -1.36. The van der Waals surface area contributed by atoms with Gasteiger partial charge in [-0.2, -0.15) is 5.10 Å². The topological polar surface area (TPSA) is 69.8 Å². The van der Waals surface area contributed by atoms with Crippen LogP contribution < -0.4 is 10.6 Å². The van der Waals surface area contributed by atoms with Gasteiger partial charge in [-0.15, -0.1) is 0 Å². The number of aryl methyl sites for hydroxylation is 2. The summed E-state index contributed by atoms with van der Waals surface area (Å²) in [7, 11) is 1.79. The molecule has 16 heavy (non-hydrogen) atoms. The normalized spacial score (nSPS) is 12.9. The summed E-state index contributed by atoms with van der Waals surface area (Å²) in [4.78, 5) is 12.0. The second kappa shape index (κ2) is 5.12. The predicted molar refractivity (Wildman–Crippen MR) is 64.4 cm³/mol. The molecule has 1 unspecified atom stereocenters. The molecule has 1 atom stereocenters. The van der Waals surface area contributed by atoms with Crippen LogP contribution in [0.1, 0.15) is 25.2 Å². The lowest BCUT2D eigenvalue weighted by Gasteiger charge is -2.19. The fourth-order valence-corrected chi connectivity index (χ4v) is 1.70. The van der Waals surface area contributed by atoms with Crippen molar-refractivity contribution in [2.24, 2.45) is 5.92 Å². The molecule has 1 rings (SSSR count). The van der Waals surface area contributed by atoms with Crippen molar-refractivity contribution >= 4 is 11.6 Å². The Morgan fingerprint density at radius 1 is 1.38 bits per heavy atom. The van der Waals surface area contributed by atoms with Gasteiger partial charge in [-0.05, 0) is 26.8 Å². The minimum absolute atomic E-state index is 0.0231. The van der Waals surface area contributed by atoms with E-state index < -0.39 is 0 Å². The molecule has 1 heterocycles. The number of amides is 1. The van der Waals surface area contributed by atoms with E-state index in [1.165, 1.54) is 0 Å². The van der Waals surface area contributed by atoms with Crippen LogP contribution >= 0.6 is 0 Å². The van der Waals surface area contributed by atoms with Crippen LogP contribution in [0.25, 0.3) is 0 Å². The van der Waals surface area contributed by atoms with Crippen molar-refractivity contribution < 1.29 is 4.79 Å². The highest BCUT2D eigenvalue weighted by Gasteiger charge is 2.21. The van der Waals surface area contributed by atoms with Gasteiger partial charge < -0.3 is 10.6 Å². The van der Waals surface area contributed by atoms with Crippen LogP contribution in [0.5, 0.6) is 0 Å². The number of likely N-dealkylation sites (N-methyl/N-ethyl adjacent to an activating group) is 1. The van der Waals surface area contributed by atoms with E-state index in [-0.39, 0.29) is 17.9 Å². The van der Waals surface area contributed by atoms with Gasteiger partial charge in [0.25, 0.3) is 0 Å². The van der Waals surface area contributed by atoms with E-state index >= 15 is 0 Å². The Balaban J connectivity index is 2.78. The molecule has 0 aliphatic heterocycles. The van der Waals surface area contributed by atoms with Gasteiger partial charge in [0.1, 0.15) is 0 Å². The fraction of sp³-hybridized carbons (Fsp3) is 0.636. The van der Waals surface area contributed by atoms with Gasteiger partial charge in [-0.1, -0.05) is 13.8 Å². The summed E-state index contributed by atoms with van der Waals surface area (Å²) in [6.45, 7) is 7.77. The fourth-order valence-electron chi connectivity index (χ4n) is 1.70. The number of hydrogen-bond donors (Lipinski definition) is 3. The van der Waals surface area contributed by atoms with Gasteiger partial charge in [-0.3, -0.25) is 9.89 Å². The van der Waals surface area contributed by atoms with Crippen molar-refractivity contribution in [2.45, 2.75) is 33.7 Å². The highest BCUT2D eigenvalue weighted by Crippen LogP contribution is 2.17. The zero-order chi connectivity index (χ0) is 12.3. The molecule has 3 N–H and O–H groups in total. The van der Waals surface area contributed by atoms with E-state index in [0.29, 0.717) is 0 Å². The molecular weight excluding hydrogens is 204 g/mol. The largest absolute Gasteiger partial charge is 0.322 e. The summed E-state index contributed by atoms with van der Waals surface area (Å²) in [5, 5.41) is 12.8. The third-order valence-electron chi connectivity index (χ3n) is 2.64. The number of rotatable bonds is 4. The molecule has 1 amide bonds. The SMILES string of the molecule is CNC(C(=O)Nc1c(C)n[nH]c1C)C(C)C. The van der Waals surface area contributed by atoms with Crippen molar-refractivity contribution in [2.75, 3.05) is 12.4 Å². The lowest BCUT2D eigenvalue weighted by molar-refractivity contribution is -0.118. The average Bonchev–Trinajstić information content (AvgIpc) is 2.50. The Bertz CT molecular complexity index is 351. The third-order valence-corrected chi connectivity index (χ3v) is 2.64. The molecule has 1 aromatic rings. The third kappa shape index (κ3) is 2.61.